The predicted octanol–water partition coefficient (Wildman–Crippen LogP) is 3.85. The maximum Gasteiger partial charge on any atom is 0.263 e. The van der Waals surface area contributed by atoms with Crippen LogP contribution in [-0.4, -0.2) is 37.1 Å². The van der Waals surface area contributed by atoms with Crippen molar-refractivity contribution < 1.29 is 9.53 Å². The monoisotopic (exact) mass is 373 g/mol. The average Bonchev–Trinajstić information content (AvgIpc) is 3.12. The van der Waals surface area contributed by atoms with Crippen molar-refractivity contribution in [1.82, 2.24) is 10.3 Å². The van der Waals surface area contributed by atoms with Crippen LogP contribution in [0.1, 0.15) is 48.3 Å². The summed E-state index contributed by atoms with van der Waals surface area (Å²) in [4.78, 5) is 20.0. The first-order chi connectivity index (χ1) is 12.4. The van der Waals surface area contributed by atoms with Crippen molar-refractivity contribution >= 4 is 22.9 Å². The molecule has 140 valence electrons. The minimum absolute atomic E-state index is 0.0233. The Hall–Kier alpha value is -2.08. The van der Waals surface area contributed by atoms with Crippen LogP contribution < -0.4 is 15.0 Å². The lowest BCUT2D eigenvalue weighted by atomic mass is 9.98. The molecule has 1 amide bonds. The van der Waals surface area contributed by atoms with Crippen LogP contribution in [0.2, 0.25) is 0 Å². The number of nitrogens with zero attached hydrogens (tertiary/aromatic N) is 2. The lowest BCUT2D eigenvalue weighted by Gasteiger charge is -2.35. The zero-order valence-corrected chi connectivity index (χ0v) is 16.7. The Morgan fingerprint density at radius 2 is 2.12 bits per heavy atom. The summed E-state index contributed by atoms with van der Waals surface area (Å²) in [6.45, 7) is 8.10. The molecule has 0 radical (unpaired) electrons. The third kappa shape index (κ3) is 4.18. The minimum Gasteiger partial charge on any atom is -0.495 e. The summed E-state index contributed by atoms with van der Waals surface area (Å²) in [5, 5.41) is 4.17. The third-order valence-corrected chi connectivity index (χ3v) is 5.98. The number of methoxy groups -OCH3 is 1. The third-order valence-electron chi connectivity index (χ3n) is 4.55. The fourth-order valence-corrected chi connectivity index (χ4v) is 4.06. The largest absolute Gasteiger partial charge is 0.495 e. The normalized spacial score (nSPS) is 17.8. The Kier molecular flexibility index (Phi) is 5.51. The van der Waals surface area contributed by atoms with Gasteiger partial charge < -0.3 is 15.0 Å². The van der Waals surface area contributed by atoms with Crippen LogP contribution in [0.15, 0.2) is 30.5 Å². The van der Waals surface area contributed by atoms with Crippen LogP contribution >= 0.6 is 11.3 Å². The summed E-state index contributed by atoms with van der Waals surface area (Å²) in [5.41, 5.74) is 1.05. The van der Waals surface area contributed by atoms with Gasteiger partial charge in [0.1, 0.15) is 10.6 Å². The van der Waals surface area contributed by atoms with E-state index in [9.17, 15) is 4.79 Å². The second-order valence-corrected chi connectivity index (χ2v) is 8.74. The summed E-state index contributed by atoms with van der Waals surface area (Å²) in [5.74, 6) is 0.849. The summed E-state index contributed by atoms with van der Waals surface area (Å²) in [6, 6.07) is 8.17. The smallest absolute Gasteiger partial charge is 0.263 e. The molecule has 2 aromatic rings. The van der Waals surface area contributed by atoms with Gasteiger partial charge in [0.15, 0.2) is 0 Å². The van der Waals surface area contributed by atoms with Gasteiger partial charge in [-0.25, -0.2) is 4.98 Å². The average molecular weight is 374 g/mol. The molecule has 1 N–H and O–H groups in total. The molecule has 3 rings (SSSR count). The predicted molar refractivity (Wildman–Crippen MR) is 107 cm³/mol. The molecule has 1 aromatic heterocycles. The maximum absolute atomic E-state index is 12.6. The number of aromatic nitrogens is 1. The van der Waals surface area contributed by atoms with Crippen LogP contribution in [0.5, 0.6) is 5.75 Å². The van der Waals surface area contributed by atoms with Crippen LogP contribution in [0.25, 0.3) is 0 Å². The number of amides is 1. The van der Waals surface area contributed by atoms with E-state index < -0.39 is 0 Å². The van der Waals surface area contributed by atoms with E-state index in [1.54, 1.807) is 13.3 Å². The Labute approximate surface area is 159 Å². The molecule has 2 heterocycles. The highest BCUT2D eigenvalue weighted by Gasteiger charge is 2.25. The van der Waals surface area contributed by atoms with Crippen molar-refractivity contribution in [3.63, 3.8) is 0 Å². The van der Waals surface area contributed by atoms with E-state index in [4.69, 9.17) is 4.74 Å². The highest BCUT2D eigenvalue weighted by Crippen LogP contribution is 2.30. The van der Waals surface area contributed by atoms with E-state index in [0.29, 0.717) is 4.88 Å². The number of ether oxygens (including phenoxy) is 1. The molecule has 0 saturated carbocycles. The van der Waals surface area contributed by atoms with Gasteiger partial charge in [0.05, 0.1) is 24.0 Å². The molecular weight excluding hydrogens is 346 g/mol. The fourth-order valence-electron chi connectivity index (χ4n) is 3.19. The Balaban J connectivity index is 1.67. The van der Waals surface area contributed by atoms with Gasteiger partial charge in [-0.05, 0) is 25.0 Å². The van der Waals surface area contributed by atoms with E-state index in [-0.39, 0.29) is 17.4 Å². The van der Waals surface area contributed by atoms with Crippen molar-refractivity contribution in [1.29, 1.82) is 0 Å². The molecule has 26 heavy (non-hydrogen) atoms. The molecule has 6 heteroatoms. The molecule has 1 aliphatic heterocycles. The van der Waals surface area contributed by atoms with Gasteiger partial charge in [0, 0.05) is 24.5 Å². The molecule has 0 spiro atoms. The van der Waals surface area contributed by atoms with Gasteiger partial charge in [-0.1, -0.05) is 32.9 Å². The maximum atomic E-state index is 12.6. The zero-order chi connectivity index (χ0) is 18.7. The van der Waals surface area contributed by atoms with Crippen molar-refractivity contribution in [2.24, 2.45) is 0 Å². The van der Waals surface area contributed by atoms with Crippen LogP contribution in [-0.2, 0) is 5.41 Å². The van der Waals surface area contributed by atoms with Gasteiger partial charge in [-0.3, -0.25) is 4.79 Å². The molecular formula is C20H27N3O2S. The summed E-state index contributed by atoms with van der Waals surface area (Å²) in [6.07, 6.45) is 3.72. The lowest BCUT2D eigenvalue weighted by molar-refractivity contribution is 0.0937. The molecule has 1 fully saturated rings. The molecule has 1 aliphatic rings. The number of carbonyl (C=O) groups is 1. The van der Waals surface area contributed by atoms with Crippen molar-refractivity contribution in [3.8, 4) is 5.75 Å². The highest BCUT2D eigenvalue weighted by molar-refractivity contribution is 7.13. The Morgan fingerprint density at radius 1 is 1.35 bits per heavy atom. The first-order valence-electron chi connectivity index (χ1n) is 9.03. The van der Waals surface area contributed by atoms with E-state index >= 15 is 0 Å². The first-order valence-corrected chi connectivity index (χ1v) is 9.85. The molecule has 0 aliphatic carbocycles. The number of anilines is 1. The molecule has 1 atom stereocenters. The SMILES string of the molecule is COc1ccccc1N1CCCC(NC(=O)c2cnc(C(C)(C)C)s2)C1. The van der Waals surface area contributed by atoms with E-state index in [2.05, 4.69) is 42.0 Å². The molecule has 1 saturated heterocycles. The first kappa shape index (κ1) is 18.7. The number of thiazole rings is 1. The number of para-hydroxylation sites is 2. The number of nitrogens with one attached hydrogen (secondary N) is 1. The van der Waals surface area contributed by atoms with Crippen LogP contribution in [0.3, 0.4) is 0 Å². The van der Waals surface area contributed by atoms with Crippen molar-refractivity contribution in [2.45, 2.75) is 45.1 Å². The topological polar surface area (TPSA) is 54.5 Å². The van der Waals surface area contributed by atoms with Gasteiger partial charge in [-0.2, -0.15) is 0 Å². The Morgan fingerprint density at radius 3 is 2.81 bits per heavy atom. The van der Waals surface area contributed by atoms with E-state index in [1.807, 2.05) is 18.2 Å². The molecule has 1 unspecified atom stereocenters. The summed E-state index contributed by atoms with van der Waals surface area (Å²) < 4.78 is 5.48. The van der Waals surface area contributed by atoms with Crippen molar-refractivity contribution in [2.75, 3.05) is 25.1 Å². The number of carbonyl (C=O) groups excluding carboxylic acids is 1. The fraction of sp³-hybridized carbons (Fsp3) is 0.500. The van der Waals surface area contributed by atoms with Crippen molar-refractivity contribution in [3.05, 3.63) is 40.3 Å². The van der Waals surface area contributed by atoms with Gasteiger partial charge >= 0.3 is 0 Å². The summed E-state index contributed by atoms with van der Waals surface area (Å²) in [7, 11) is 1.69. The quantitative estimate of drug-likeness (QED) is 0.884. The summed E-state index contributed by atoms with van der Waals surface area (Å²) >= 11 is 1.48. The van der Waals surface area contributed by atoms with Gasteiger partial charge in [0.2, 0.25) is 0 Å². The number of hydrogen-bond donors (Lipinski definition) is 1. The second kappa shape index (κ2) is 7.66. The number of benzene rings is 1. The second-order valence-electron chi connectivity index (χ2n) is 7.71. The molecule has 1 aromatic carbocycles. The standard InChI is InChI=1S/C20H27N3O2S/c1-20(2,3)19-21-12-17(26-19)18(24)22-14-8-7-11-23(13-14)15-9-5-6-10-16(15)25-4/h5-6,9-10,12,14H,7-8,11,13H2,1-4H3,(H,22,24). The number of rotatable bonds is 4. The molecule has 5 nitrogen and oxygen atoms in total. The van der Waals surface area contributed by atoms with Crippen LogP contribution in [0, 0.1) is 0 Å². The van der Waals surface area contributed by atoms with E-state index in [0.717, 1.165) is 42.4 Å². The molecule has 0 bridgehead atoms. The number of hydrogen-bond acceptors (Lipinski definition) is 5. The van der Waals surface area contributed by atoms with Gasteiger partial charge in [0.25, 0.3) is 5.91 Å². The number of piperidine rings is 1. The minimum atomic E-state index is -0.0330. The lowest BCUT2D eigenvalue weighted by Crippen LogP contribution is -2.47. The Bertz CT molecular complexity index is 766. The zero-order valence-electron chi connectivity index (χ0n) is 15.9. The van der Waals surface area contributed by atoms with E-state index in [1.165, 1.54) is 11.3 Å². The van der Waals surface area contributed by atoms with Gasteiger partial charge in [-0.15, -0.1) is 11.3 Å². The van der Waals surface area contributed by atoms with Crippen LogP contribution in [0.4, 0.5) is 5.69 Å². The highest BCUT2D eigenvalue weighted by atomic mass is 32.1.